The van der Waals surface area contributed by atoms with E-state index in [2.05, 4.69) is 20.5 Å². The molecule has 4 aromatic rings. The zero-order valence-electron chi connectivity index (χ0n) is 18.6. The number of anilines is 1. The van der Waals surface area contributed by atoms with Crippen molar-refractivity contribution in [1.82, 2.24) is 24.4 Å². The summed E-state index contributed by atoms with van der Waals surface area (Å²) >= 11 is 0. The summed E-state index contributed by atoms with van der Waals surface area (Å²) in [5.41, 5.74) is 4.30. The molecule has 166 valence electrons. The van der Waals surface area contributed by atoms with Crippen LogP contribution in [0.2, 0.25) is 0 Å². The molecular formula is C23H26N6O3. The first-order chi connectivity index (χ1) is 15.5. The Morgan fingerprint density at radius 2 is 1.81 bits per heavy atom. The van der Waals surface area contributed by atoms with E-state index in [0.717, 1.165) is 22.7 Å². The summed E-state index contributed by atoms with van der Waals surface area (Å²) < 4.78 is 14.7. The number of hydrogen-bond acceptors (Lipinski definition) is 6. The van der Waals surface area contributed by atoms with Gasteiger partial charge in [-0.05, 0) is 51.5 Å². The van der Waals surface area contributed by atoms with Crippen molar-refractivity contribution in [3.63, 3.8) is 0 Å². The Hall–Kier alpha value is -3.88. The molecule has 0 atom stereocenters. The molecule has 3 aromatic heterocycles. The molecule has 0 aliphatic heterocycles. The number of amides is 1. The van der Waals surface area contributed by atoms with Crippen LogP contribution >= 0.6 is 0 Å². The van der Waals surface area contributed by atoms with Crippen molar-refractivity contribution in [2.45, 2.75) is 34.2 Å². The number of aromatic nitrogens is 5. The second-order valence-electron chi connectivity index (χ2n) is 7.36. The molecule has 0 spiro atoms. The third kappa shape index (κ3) is 4.41. The highest BCUT2D eigenvalue weighted by atomic mass is 16.5. The van der Waals surface area contributed by atoms with E-state index in [-0.39, 0.29) is 5.91 Å². The Morgan fingerprint density at radius 3 is 2.59 bits per heavy atom. The van der Waals surface area contributed by atoms with Gasteiger partial charge in [0.25, 0.3) is 5.91 Å². The zero-order valence-corrected chi connectivity index (χ0v) is 18.6. The van der Waals surface area contributed by atoms with E-state index in [1.54, 1.807) is 21.6 Å². The van der Waals surface area contributed by atoms with Gasteiger partial charge in [-0.3, -0.25) is 9.48 Å². The number of carbonyl (C=O) groups is 1. The van der Waals surface area contributed by atoms with E-state index in [0.29, 0.717) is 42.4 Å². The van der Waals surface area contributed by atoms with Gasteiger partial charge in [0.05, 0.1) is 37.8 Å². The molecule has 9 nitrogen and oxygen atoms in total. The van der Waals surface area contributed by atoms with Gasteiger partial charge in [-0.1, -0.05) is 6.07 Å². The fraction of sp³-hybridized carbons (Fsp3) is 0.304. The normalized spacial score (nSPS) is 11.0. The largest absolute Gasteiger partial charge is 0.490 e. The molecule has 0 saturated heterocycles. The zero-order chi connectivity index (χ0) is 22.7. The molecule has 0 fully saturated rings. The van der Waals surface area contributed by atoms with Crippen LogP contribution in [0.15, 0.2) is 42.9 Å². The van der Waals surface area contributed by atoms with Gasteiger partial charge in [0.1, 0.15) is 5.56 Å². The second-order valence-corrected chi connectivity index (χ2v) is 7.36. The molecule has 0 bridgehead atoms. The second kappa shape index (κ2) is 9.09. The highest BCUT2D eigenvalue weighted by molar-refractivity contribution is 6.08. The first kappa shape index (κ1) is 21.4. The molecule has 0 radical (unpaired) electrons. The van der Waals surface area contributed by atoms with Gasteiger partial charge in [0.15, 0.2) is 17.1 Å². The molecule has 3 heterocycles. The highest BCUT2D eigenvalue weighted by Gasteiger charge is 2.16. The fourth-order valence-electron chi connectivity index (χ4n) is 3.52. The lowest BCUT2D eigenvalue weighted by molar-refractivity contribution is 0.102. The molecule has 0 aliphatic rings. The van der Waals surface area contributed by atoms with E-state index in [1.165, 1.54) is 6.20 Å². The van der Waals surface area contributed by atoms with Crippen molar-refractivity contribution in [3.8, 4) is 11.5 Å². The van der Waals surface area contributed by atoms with Crippen LogP contribution in [0.4, 0.5) is 5.69 Å². The minimum Gasteiger partial charge on any atom is -0.490 e. The van der Waals surface area contributed by atoms with Gasteiger partial charge in [0.2, 0.25) is 0 Å². The number of fused-ring (bicyclic) bond motifs is 1. The number of hydrogen-bond donors (Lipinski definition) is 1. The summed E-state index contributed by atoms with van der Waals surface area (Å²) in [7, 11) is 0. The fourth-order valence-corrected chi connectivity index (χ4v) is 3.52. The van der Waals surface area contributed by atoms with Crippen LogP contribution in [0.25, 0.3) is 5.65 Å². The average Bonchev–Trinajstić information content (AvgIpc) is 3.37. The van der Waals surface area contributed by atoms with E-state index in [1.807, 2.05) is 52.0 Å². The standard InChI is InChI=1S/C23H26N6O3/c1-5-31-20-8-7-17(10-21(20)32-6-2)13-28-14-18(11-24-28)27-23(30)19-12-25-29-16(4)9-15(3)26-22(19)29/h7-12,14H,5-6,13H2,1-4H3,(H,27,30). The van der Waals surface area contributed by atoms with Crippen molar-refractivity contribution in [3.05, 3.63) is 65.4 Å². The van der Waals surface area contributed by atoms with Crippen LogP contribution in [-0.2, 0) is 6.54 Å². The SMILES string of the molecule is CCOc1ccc(Cn2cc(NC(=O)c3cnn4c(C)cc(C)nc34)cn2)cc1OCC. The summed E-state index contributed by atoms with van der Waals surface area (Å²) in [6.45, 7) is 9.35. The van der Waals surface area contributed by atoms with Crippen molar-refractivity contribution in [1.29, 1.82) is 0 Å². The molecule has 1 N–H and O–H groups in total. The van der Waals surface area contributed by atoms with Gasteiger partial charge < -0.3 is 14.8 Å². The molecule has 0 aliphatic carbocycles. The third-order valence-electron chi connectivity index (χ3n) is 4.87. The first-order valence-electron chi connectivity index (χ1n) is 10.5. The van der Waals surface area contributed by atoms with Gasteiger partial charge in [-0.15, -0.1) is 0 Å². The maximum Gasteiger partial charge on any atom is 0.261 e. The van der Waals surface area contributed by atoms with Crippen LogP contribution in [0.3, 0.4) is 0 Å². The maximum absolute atomic E-state index is 12.8. The quantitative estimate of drug-likeness (QED) is 0.455. The van der Waals surface area contributed by atoms with Gasteiger partial charge in [-0.25, -0.2) is 9.50 Å². The van der Waals surface area contributed by atoms with Crippen LogP contribution < -0.4 is 14.8 Å². The number of aryl methyl sites for hydroxylation is 2. The van der Waals surface area contributed by atoms with E-state index >= 15 is 0 Å². The Morgan fingerprint density at radius 1 is 1.03 bits per heavy atom. The van der Waals surface area contributed by atoms with Crippen LogP contribution in [0, 0.1) is 13.8 Å². The molecule has 0 saturated carbocycles. The number of benzene rings is 1. The summed E-state index contributed by atoms with van der Waals surface area (Å²) in [6.07, 6.45) is 4.93. The first-order valence-corrected chi connectivity index (χ1v) is 10.5. The minimum atomic E-state index is -0.281. The molecule has 0 unspecified atom stereocenters. The number of ether oxygens (including phenoxy) is 2. The Balaban J connectivity index is 1.49. The molecular weight excluding hydrogens is 408 g/mol. The predicted molar refractivity (Wildman–Crippen MR) is 121 cm³/mol. The minimum absolute atomic E-state index is 0.281. The number of carbonyl (C=O) groups excluding carboxylic acids is 1. The lowest BCUT2D eigenvalue weighted by atomic mass is 10.2. The average molecular weight is 435 g/mol. The van der Waals surface area contributed by atoms with Gasteiger partial charge >= 0.3 is 0 Å². The monoisotopic (exact) mass is 434 g/mol. The molecule has 4 rings (SSSR count). The molecule has 1 amide bonds. The summed E-state index contributed by atoms with van der Waals surface area (Å²) in [5.74, 6) is 1.15. The number of nitrogens with one attached hydrogen (secondary N) is 1. The van der Waals surface area contributed by atoms with Gasteiger partial charge in [0, 0.05) is 17.6 Å². The molecule has 32 heavy (non-hydrogen) atoms. The lowest BCUT2D eigenvalue weighted by Gasteiger charge is -2.12. The van der Waals surface area contributed by atoms with E-state index < -0.39 is 0 Å². The van der Waals surface area contributed by atoms with Crippen molar-refractivity contribution < 1.29 is 14.3 Å². The maximum atomic E-state index is 12.8. The third-order valence-corrected chi connectivity index (χ3v) is 4.87. The smallest absolute Gasteiger partial charge is 0.261 e. The van der Waals surface area contributed by atoms with Crippen LogP contribution in [0.5, 0.6) is 11.5 Å². The van der Waals surface area contributed by atoms with Crippen LogP contribution in [-0.4, -0.2) is 43.5 Å². The topological polar surface area (TPSA) is 95.6 Å². The predicted octanol–water partition coefficient (Wildman–Crippen LogP) is 3.64. The van der Waals surface area contributed by atoms with Crippen molar-refractivity contribution in [2.24, 2.45) is 0 Å². The Bertz CT molecular complexity index is 1260. The van der Waals surface area contributed by atoms with Crippen molar-refractivity contribution >= 4 is 17.2 Å². The Kier molecular flexibility index (Phi) is 6.07. The van der Waals surface area contributed by atoms with Crippen molar-refractivity contribution in [2.75, 3.05) is 18.5 Å². The highest BCUT2D eigenvalue weighted by Crippen LogP contribution is 2.29. The van der Waals surface area contributed by atoms with Gasteiger partial charge in [-0.2, -0.15) is 10.2 Å². The van der Waals surface area contributed by atoms with E-state index in [9.17, 15) is 4.79 Å². The molecule has 9 heteroatoms. The summed E-state index contributed by atoms with van der Waals surface area (Å²) in [6, 6.07) is 7.74. The number of nitrogens with zero attached hydrogens (tertiary/aromatic N) is 5. The molecule has 1 aromatic carbocycles. The summed E-state index contributed by atoms with van der Waals surface area (Å²) in [5, 5.41) is 11.5. The lowest BCUT2D eigenvalue weighted by Crippen LogP contribution is -2.12. The van der Waals surface area contributed by atoms with E-state index in [4.69, 9.17) is 9.47 Å². The Labute approximate surface area is 186 Å². The van der Waals surface area contributed by atoms with Crippen LogP contribution in [0.1, 0.15) is 41.2 Å². The summed E-state index contributed by atoms with van der Waals surface area (Å²) in [4.78, 5) is 17.3. The number of rotatable bonds is 8.